The average molecular weight is 236 g/mol. The Morgan fingerprint density at radius 3 is 3.18 bits per heavy atom. The van der Waals surface area contributed by atoms with E-state index in [1.165, 1.54) is 0 Å². The van der Waals surface area contributed by atoms with Gasteiger partial charge in [-0.05, 0) is 25.8 Å². The monoisotopic (exact) mass is 236 g/mol. The van der Waals surface area contributed by atoms with Gasteiger partial charge >= 0.3 is 0 Å². The highest BCUT2D eigenvalue weighted by molar-refractivity contribution is 5.13. The van der Waals surface area contributed by atoms with Gasteiger partial charge in [-0.3, -0.25) is 0 Å². The predicted octanol–water partition coefficient (Wildman–Crippen LogP) is 1.82. The second kappa shape index (κ2) is 4.42. The van der Waals surface area contributed by atoms with Gasteiger partial charge in [-0.25, -0.2) is 4.98 Å². The van der Waals surface area contributed by atoms with E-state index in [1.54, 1.807) is 0 Å². The molecule has 0 saturated carbocycles. The quantitative estimate of drug-likeness (QED) is 0.851. The number of hydrogen-bond donors (Lipinski definition) is 1. The maximum atomic E-state index is 5.98. The Hall–Kier alpha value is -0.870. The SMILES string of the molecule is CC1(c2cnc(C3CCNC3)o2)CCCOC1. The molecule has 0 radical (unpaired) electrons. The summed E-state index contributed by atoms with van der Waals surface area (Å²) < 4.78 is 11.6. The molecule has 2 saturated heterocycles. The van der Waals surface area contributed by atoms with Gasteiger partial charge in [0.1, 0.15) is 5.76 Å². The van der Waals surface area contributed by atoms with Crippen molar-refractivity contribution in [2.75, 3.05) is 26.3 Å². The van der Waals surface area contributed by atoms with Crippen LogP contribution in [0.5, 0.6) is 0 Å². The molecular formula is C13H20N2O2. The van der Waals surface area contributed by atoms with Crippen LogP contribution in [0.25, 0.3) is 0 Å². The number of aromatic nitrogens is 1. The van der Waals surface area contributed by atoms with Crippen molar-refractivity contribution in [3.63, 3.8) is 0 Å². The maximum Gasteiger partial charge on any atom is 0.198 e. The van der Waals surface area contributed by atoms with E-state index in [9.17, 15) is 0 Å². The minimum atomic E-state index is 0.0233. The van der Waals surface area contributed by atoms with E-state index >= 15 is 0 Å². The zero-order chi connectivity index (χ0) is 11.7. The Morgan fingerprint density at radius 1 is 1.53 bits per heavy atom. The molecule has 2 aliphatic rings. The minimum absolute atomic E-state index is 0.0233. The van der Waals surface area contributed by atoms with Crippen molar-refractivity contribution in [3.8, 4) is 0 Å². The van der Waals surface area contributed by atoms with E-state index in [-0.39, 0.29) is 5.41 Å². The third-order valence-corrected chi connectivity index (χ3v) is 3.97. The largest absolute Gasteiger partial charge is 0.445 e. The number of nitrogens with zero attached hydrogens (tertiary/aromatic N) is 1. The number of nitrogens with one attached hydrogen (secondary N) is 1. The van der Waals surface area contributed by atoms with Crippen LogP contribution in [0.3, 0.4) is 0 Å². The van der Waals surface area contributed by atoms with Gasteiger partial charge in [0, 0.05) is 19.1 Å². The van der Waals surface area contributed by atoms with Crippen LogP contribution in [0, 0.1) is 0 Å². The van der Waals surface area contributed by atoms with Gasteiger partial charge in [-0.1, -0.05) is 6.92 Å². The van der Waals surface area contributed by atoms with Crippen molar-refractivity contribution >= 4 is 0 Å². The van der Waals surface area contributed by atoms with Crippen molar-refractivity contribution in [3.05, 3.63) is 17.8 Å². The molecule has 17 heavy (non-hydrogen) atoms. The predicted molar refractivity (Wildman–Crippen MR) is 64.1 cm³/mol. The molecule has 1 N–H and O–H groups in total. The summed E-state index contributed by atoms with van der Waals surface area (Å²) in [5.74, 6) is 2.35. The standard InChI is InChI=1S/C13H20N2O2/c1-13(4-2-6-16-9-13)11-8-15-12(17-11)10-3-5-14-7-10/h8,10,14H,2-7,9H2,1H3. The first-order valence-electron chi connectivity index (χ1n) is 6.53. The van der Waals surface area contributed by atoms with Crippen molar-refractivity contribution < 1.29 is 9.15 Å². The van der Waals surface area contributed by atoms with Crippen LogP contribution in [-0.2, 0) is 10.2 Å². The Kier molecular flexibility index (Phi) is 2.92. The summed E-state index contributed by atoms with van der Waals surface area (Å²) in [6.07, 6.45) is 5.28. The highest BCUT2D eigenvalue weighted by atomic mass is 16.5. The lowest BCUT2D eigenvalue weighted by atomic mass is 9.83. The maximum absolute atomic E-state index is 5.98. The molecule has 2 fully saturated rings. The summed E-state index contributed by atoms with van der Waals surface area (Å²) in [6, 6.07) is 0. The summed E-state index contributed by atoms with van der Waals surface area (Å²) in [6.45, 7) is 5.91. The van der Waals surface area contributed by atoms with Crippen LogP contribution in [-0.4, -0.2) is 31.3 Å². The van der Waals surface area contributed by atoms with Crippen molar-refractivity contribution in [1.82, 2.24) is 10.3 Å². The van der Waals surface area contributed by atoms with Crippen molar-refractivity contribution in [2.24, 2.45) is 0 Å². The van der Waals surface area contributed by atoms with Crippen LogP contribution < -0.4 is 5.32 Å². The molecule has 2 atom stereocenters. The lowest BCUT2D eigenvalue weighted by Crippen LogP contribution is -2.32. The molecular weight excluding hydrogens is 216 g/mol. The van der Waals surface area contributed by atoms with Crippen LogP contribution in [0.15, 0.2) is 10.6 Å². The Bertz CT molecular complexity index is 377. The summed E-state index contributed by atoms with van der Waals surface area (Å²) in [4.78, 5) is 4.46. The molecule has 0 bridgehead atoms. The van der Waals surface area contributed by atoms with E-state index in [2.05, 4.69) is 17.2 Å². The first-order valence-corrected chi connectivity index (χ1v) is 6.53. The molecule has 0 amide bonds. The lowest BCUT2D eigenvalue weighted by molar-refractivity contribution is 0.0324. The zero-order valence-corrected chi connectivity index (χ0v) is 10.4. The summed E-state index contributed by atoms with van der Waals surface area (Å²) in [5.41, 5.74) is 0.0233. The molecule has 0 spiro atoms. The van der Waals surface area contributed by atoms with Crippen LogP contribution >= 0.6 is 0 Å². The zero-order valence-electron chi connectivity index (χ0n) is 10.4. The Labute approximate surface area is 102 Å². The number of rotatable bonds is 2. The van der Waals surface area contributed by atoms with E-state index < -0.39 is 0 Å². The Balaban J connectivity index is 1.78. The summed E-state index contributed by atoms with van der Waals surface area (Å²) in [5, 5.41) is 3.34. The Morgan fingerprint density at radius 2 is 2.47 bits per heavy atom. The van der Waals surface area contributed by atoms with Gasteiger partial charge in [0.2, 0.25) is 0 Å². The van der Waals surface area contributed by atoms with E-state index in [0.29, 0.717) is 5.92 Å². The summed E-state index contributed by atoms with van der Waals surface area (Å²) >= 11 is 0. The molecule has 4 nitrogen and oxygen atoms in total. The molecule has 3 heterocycles. The third-order valence-electron chi connectivity index (χ3n) is 3.97. The fourth-order valence-electron chi connectivity index (χ4n) is 2.75. The van der Waals surface area contributed by atoms with E-state index in [1.807, 2.05) is 6.20 Å². The number of ether oxygens (including phenoxy) is 1. The van der Waals surface area contributed by atoms with Gasteiger partial charge in [-0.2, -0.15) is 0 Å². The highest BCUT2D eigenvalue weighted by Gasteiger charge is 2.34. The number of hydrogen-bond acceptors (Lipinski definition) is 4. The average Bonchev–Trinajstić information content (AvgIpc) is 3.01. The fraction of sp³-hybridized carbons (Fsp3) is 0.769. The molecule has 3 rings (SSSR count). The second-order valence-corrected chi connectivity index (χ2v) is 5.47. The van der Waals surface area contributed by atoms with E-state index in [4.69, 9.17) is 9.15 Å². The van der Waals surface area contributed by atoms with Crippen molar-refractivity contribution in [1.29, 1.82) is 0 Å². The molecule has 0 aromatic carbocycles. The van der Waals surface area contributed by atoms with Gasteiger partial charge < -0.3 is 14.5 Å². The topological polar surface area (TPSA) is 47.3 Å². The smallest absolute Gasteiger partial charge is 0.198 e. The first kappa shape index (κ1) is 11.2. The van der Waals surface area contributed by atoms with Gasteiger partial charge in [-0.15, -0.1) is 0 Å². The third kappa shape index (κ3) is 2.11. The molecule has 1 aromatic rings. The van der Waals surface area contributed by atoms with Crippen LogP contribution in [0.2, 0.25) is 0 Å². The van der Waals surface area contributed by atoms with Gasteiger partial charge in [0.15, 0.2) is 5.89 Å². The normalized spacial score (nSPS) is 34.1. The van der Waals surface area contributed by atoms with Crippen LogP contribution in [0.4, 0.5) is 0 Å². The molecule has 94 valence electrons. The van der Waals surface area contributed by atoms with Gasteiger partial charge in [0.25, 0.3) is 0 Å². The van der Waals surface area contributed by atoms with Crippen LogP contribution in [0.1, 0.15) is 43.8 Å². The molecule has 2 unspecified atom stereocenters. The van der Waals surface area contributed by atoms with E-state index in [0.717, 1.165) is 57.2 Å². The van der Waals surface area contributed by atoms with Crippen molar-refractivity contribution in [2.45, 2.75) is 37.5 Å². The number of oxazole rings is 1. The lowest BCUT2D eigenvalue weighted by Gasteiger charge is -2.30. The second-order valence-electron chi connectivity index (χ2n) is 5.47. The first-order chi connectivity index (χ1) is 8.28. The van der Waals surface area contributed by atoms with Gasteiger partial charge in [0.05, 0.1) is 18.2 Å². The molecule has 2 aliphatic heterocycles. The fourth-order valence-corrected chi connectivity index (χ4v) is 2.75. The minimum Gasteiger partial charge on any atom is -0.445 e. The molecule has 4 heteroatoms. The highest BCUT2D eigenvalue weighted by Crippen LogP contribution is 2.34. The molecule has 1 aromatic heterocycles. The summed E-state index contributed by atoms with van der Waals surface area (Å²) in [7, 11) is 0. The molecule has 0 aliphatic carbocycles.